The zero-order chi connectivity index (χ0) is 37.5. The Bertz CT molecular complexity index is 2420. The van der Waals surface area contributed by atoms with Gasteiger partial charge in [0.25, 0.3) is 11.8 Å². The number of fused-ring (bicyclic) bond motifs is 1. The van der Waals surface area contributed by atoms with Crippen LogP contribution in [0.4, 0.5) is 16.2 Å². The van der Waals surface area contributed by atoms with E-state index in [0.29, 0.717) is 22.7 Å². The lowest BCUT2D eigenvalue weighted by Gasteiger charge is -2.44. The highest BCUT2D eigenvalue weighted by atomic mass is 16.5. The maximum Gasteiger partial charge on any atom is 0.335 e. The summed E-state index contributed by atoms with van der Waals surface area (Å²) in [5.41, 5.74) is 7.44. The second-order valence-electron chi connectivity index (χ2n) is 14.3. The summed E-state index contributed by atoms with van der Waals surface area (Å²) >= 11 is 0. The van der Waals surface area contributed by atoms with Crippen LogP contribution >= 0.6 is 0 Å². The van der Waals surface area contributed by atoms with Gasteiger partial charge in [-0.15, -0.1) is 0 Å². The van der Waals surface area contributed by atoms with Crippen molar-refractivity contribution < 1.29 is 23.9 Å². The number of imide groups is 2. The predicted molar refractivity (Wildman–Crippen MR) is 215 cm³/mol. The Morgan fingerprint density at radius 3 is 2.04 bits per heavy atom. The van der Waals surface area contributed by atoms with Crippen molar-refractivity contribution in [2.75, 3.05) is 30.0 Å². The standard InChI is InChI=1S/C47H39N3O5/c1-54-36-20-19-33(43(28-36)55-29-34-17-10-16-30-15-8-9-18-37(30)34)25-42-45(51)48-47(53)50(46(42)52)35-26-40-38(31-11-4-2-5-12-31)21-23-49-24-22-39(41(27-35)44(40)49)32-13-6-3-7-14-32/h2-20,25-28,38-39H,21-24,29H2,1H3,(H,48,51,53)/b42-25+/t38-,39-/m1/s1. The van der Waals surface area contributed by atoms with Gasteiger partial charge in [-0.05, 0) is 81.8 Å². The molecule has 1 saturated heterocycles. The van der Waals surface area contributed by atoms with E-state index in [9.17, 15) is 14.4 Å². The Kier molecular flexibility index (Phi) is 8.86. The number of benzene rings is 6. The third-order valence-electron chi connectivity index (χ3n) is 11.1. The van der Waals surface area contributed by atoms with Crippen molar-refractivity contribution in [2.45, 2.75) is 31.3 Å². The fourth-order valence-electron chi connectivity index (χ4n) is 8.48. The Morgan fingerprint density at radius 1 is 0.727 bits per heavy atom. The third-order valence-corrected chi connectivity index (χ3v) is 11.1. The second-order valence-corrected chi connectivity index (χ2v) is 14.3. The number of rotatable bonds is 8. The van der Waals surface area contributed by atoms with E-state index in [1.54, 1.807) is 25.3 Å². The number of anilines is 2. The first kappa shape index (κ1) is 34.1. The molecular formula is C47H39N3O5. The highest BCUT2D eigenvalue weighted by Crippen LogP contribution is 2.50. The van der Waals surface area contributed by atoms with Gasteiger partial charge < -0.3 is 14.4 Å². The number of ether oxygens (including phenoxy) is 2. The summed E-state index contributed by atoms with van der Waals surface area (Å²) < 4.78 is 11.9. The van der Waals surface area contributed by atoms with Gasteiger partial charge in [-0.1, -0.05) is 103 Å². The molecule has 0 spiro atoms. The lowest BCUT2D eigenvalue weighted by Crippen LogP contribution is -2.54. The molecular weight excluding hydrogens is 687 g/mol. The van der Waals surface area contributed by atoms with E-state index in [0.717, 1.165) is 58.3 Å². The molecule has 1 N–H and O–H groups in total. The number of nitrogens with one attached hydrogen (secondary N) is 1. The minimum Gasteiger partial charge on any atom is -0.497 e. The van der Waals surface area contributed by atoms with E-state index >= 15 is 0 Å². The maximum absolute atomic E-state index is 14.6. The van der Waals surface area contributed by atoms with Crippen LogP contribution in [0.25, 0.3) is 16.8 Å². The predicted octanol–water partition coefficient (Wildman–Crippen LogP) is 8.97. The van der Waals surface area contributed by atoms with E-state index in [1.165, 1.54) is 22.9 Å². The molecule has 2 atom stereocenters. The minimum atomic E-state index is -0.780. The second kappa shape index (κ2) is 14.3. The van der Waals surface area contributed by atoms with E-state index in [1.807, 2.05) is 72.8 Å². The molecule has 8 nitrogen and oxygen atoms in total. The number of urea groups is 1. The molecule has 3 aliphatic heterocycles. The highest BCUT2D eigenvalue weighted by Gasteiger charge is 2.40. The van der Waals surface area contributed by atoms with Crippen LogP contribution < -0.4 is 24.6 Å². The Balaban J connectivity index is 1.12. The summed E-state index contributed by atoms with van der Waals surface area (Å²) in [5, 5.41) is 4.62. The molecule has 0 radical (unpaired) electrons. The molecule has 0 unspecified atom stereocenters. The molecule has 0 aromatic heterocycles. The Morgan fingerprint density at radius 2 is 1.36 bits per heavy atom. The molecule has 6 aromatic carbocycles. The van der Waals surface area contributed by atoms with Crippen molar-refractivity contribution in [1.82, 2.24) is 5.32 Å². The van der Waals surface area contributed by atoms with Crippen LogP contribution in [0.2, 0.25) is 0 Å². The van der Waals surface area contributed by atoms with Crippen molar-refractivity contribution in [3.63, 3.8) is 0 Å². The van der Waals surface area contributed by atoms with Crippen LogP contribution in [0.5, 0.6) is 11.5 Å². The lowest BCUT2D eigenvalue weighted by molar-refractivity contribution is -0.122. The largest absolute Gasteiger partial charge is 0.497 e. The van der Waals surface area contributed by atoms with Crippen LogP contribution in [-0.2, 0) is 16.2 Å². The molecule has 6 aromatic rings. The summed E-state index contributed by atoms with van der Waals surface area (Å²) in [6.45, 7) is 2.07. The first-order valence-electron chi connectivity index (χ1n) is 18.7. The van der Waals surface area contributed by atoms with Crippen LogP contribution in [0, 0.1) is 0 Å². The normalized spacial score (nSPS) is 18.6. The van der Waals surface area contributed by atoms with E-state index in [4.69, 9.17) is 9.47 Å². The van der Waals surface area contributed by atoms with Crippen molar-refractivity contribution in [3.8, 4) is 11.5 Å². The van der Waals surface area contributed by atoms with Gasteiger partial charge in [-0.3, -0.25) is 14.9 Å². The Labute approximate surface area is 319 Å². The molecule has 0 saturated carbocycles. The fraction of sp³-hybridized carbons (Fsp3) is 0.170. The van der Waals surface area contributed by atoms with Crippen molar-refractivity contribution in [2.24, 2.45) is 0 Å². The van der Waals surface area contributed by atoms with Crippen molar-refractivity contribution in [3.05, 3.63) is 172 Å². The monoisotopic (exact) mass is 725 g/mol. The number of amides is 4. The fourth-order valence-corrected chi connectivity index (χ4v) is 8.48. The molecule has 55 heavy (non-hydrogen) atoms. The minimum absolute atomic E-state index is 0.0704. The zero-order valence-corrected chi connectivity index (χ0v) is 30.4. The SMILES string of the molecule is COc1ccc(/C=C2\C(=O)NC(=O)N(c3cc4c5c(c3)[C@@H](c3ccccc3)CCN5CC[C@@H]4c3ccccc3)C2=O)c(OCc2cccc3ccccc23)c1. The van der Waals surface area contributed by atoms with Crippen molar-refractivity contribution in [1.29, 1.82) is 0 Å². The number of hydrogen-bond donors (Lipinski definition) is 1. The number of carbonyl (C=O) groups is 3. The Hall–Kier alpha value is -6.67. The molecule has 1 fully saturated rings. The summed E-state index contributed by atoms with van der Waals surface area (Å²) in [5.74, 6) is -0.338. The molecule has 8 heteroatoms. The van der Waals surface area contributed by atoms with Crippen LogP contribution in [0.3, 0.4) is 0 Å². The first-order valence-corrected chi connectivity index (χ1v) is 18.7. The van der Waals surface area contributed by atoms with Crippen LogP contribution in [0.1, 0.15) is 58.1 Å². The van der Waals surface area contributed by atoms with Gasteiger partial charge in [0.1, 0.15) is 23.7 Å². The summed E-state index contributed by atoms with van der Waals surface area (Å²) in [7, 11) is 1.57. The number of hydrogen-bond acceptors (Lipinski definition) is 6. The van der Waals surface area contributed by atoms with Gasteiger partial charge in [0.15, 0.2) is 0 Å². The van der Waals surface area contributed by atoms with Gasteiger partial charge in [-0.2, -0.15) is 0 Å². The molecule has 272 valence electrons. The summed E-state index contributed by atoms with van der Waals surface area (Å²) in [4.78, 5) is 45.4. The maximum atomic E-state index is 14.6. The van der Waals surface area contributed by atoms with Crippen LogP contribution in [0.15, 0.2) is 139 Å². The molecule has 0 aliphatic carbocycles. The quantitative estimate of drug-likeness (QED) is 0.125. The number of nitrogens with zero attached hydrogens (tertiary/aromatic N) is 2. The molecule has 3 heterocycles. The van der Waals surface area contributed by atoms with Gasteiger partial charge >= 0.3 is 6.03 Å². The summed E-state index contributed by atoms with van der Waals surface area (Å²) in [6, 6.07) is 43.4. The van der Waals surface area contributed by atoms with E-state index in [-0.39, 0.29) is 24.0 Å². The first-order chi connectivity index (χ1) is 27.0. The van der Waals surface area contributed by atoms with E-state index < -0.39 is 17.8 Å². The van der Waals surface area contributed by atoms with Gasteiger partial charge in [-0.25, -0.2) is 9.69 Å². The van der Waals surface area contributed by atoms with Crippen molar-refractivity contribution >= 4 is 46.1 Å². The average Bonchev–Trinajstić information content (AvgIpc) is 3.22. The molecule has 9 rings (SSSR count). The van der Waals surface area contributed by atoms with Gasteiger partial charge in [0, 0.05) is 42.2 Å². The average molecular weight is 726 g/mol. The topological polar surface area (TPSA) is 88.2 Å². The van der Waals surface area contributed by atoms with Crippen LogP contribution in [-0.4, -0.2) is 38.0 Å². The molecule has 4 amide bonds. The smallest absolute Gasteiger partial charge is 0.335 e. The zero-order valence-electron chi connectivity index (χ0n) is 30.4. The number of carbonyl (C=O) groups excluding carboxylic acids is 3. The lowest BCUT2D eigenvalue weighted by atomic mass is 9.76. The van der Waals surface area contributed by atoms with Gasteiger partial charge in [0.2, 0.25) is 0 Å². The highest BCUT2D eigenvalue weighted by molar-refractivity contribution is 6.39. The number of barbiturate groups is 1. The van der Waals surface area contributed by atoms with E-state index in [2.05, 4.69) is 52.7 Å². The number of methoxy groups -OCH3 is 1. The molecule has 3 aliphatic rings. The third kappa shape index (κ3) is 6.29. The molecule has 0 bridgehead atoms. The van der Waals surface area contributed by atoms with Gasteiger partial charge in [0.05, 0.1) is 12.8 Å². The summed E-state index contributed by atoms with van der Waals surface area (Å²) in [6.07, 6.45) is 3.30.